The zero-order chi connectivity index (χ0) is 24.2. The van der Waals surface area contributed by atoms with Gasteiger partial charge >= 0.3 is 0 Å². The highest BCUT2D eigenvalue weighted by atomic mass is 16.5. The van der Waals surface area contributed by atoms with E-state index in [0.717, 1.165) is 0 Å². The van der Waals surface area contributed by atoms with Crippen LogP contribution in [-0.4, -0.2) is 63.2 Å². The van der Waals surface area contributed by atoms with Crippen LogP contribution in [0.3, 0.4) is 0 Å². The van der Waals surface area contributed by atoms with E-state index in [9.17, 15) is 34.8 Å². The molecule has 10 nitrogen and oxygen atoms in total. The molecule has 1 amide bonds. The zero-order valence-corrected chi connectivity index (χ0v) is 18.2. The number of primary amides is 1. The third kappa shape index (κ3) is 3.05. The van der Waals surface area contributed by atoms with Crippen LogP contribution in [0.2, 0.25) is 0 Å². The Labute approximate surface area is 189 Å². The van der Waals surface area contributed by atoms with Gasteiger partial charge < -0.3 is 36.2 Å². The van der Waals surface area contributed by atoms with Crippen molar-refractivity contribution in [3.63, 3.8) is 0 Å². The summed E-state index contributed by atoms with van der Waals surface area (Å²) < 4.78 is 5.35. The Morgan fingerprint density at radius 1 is 1.27 bits per heavy atom. The van der Waals surface area contributed by atoms with E-state index in [4.69, 9.17) is 10.5 Å². The molecule has 4 rings (SSSR count). The number of amides is 1. The van der Waals surface area contributed by atoms with Crippen molar-refractivity contribution in [1.82, 2.24) is 5.32 Å². The molecule has 0 heterocycles. The number of Topliss-reactive ketones (excluding diaryl/α,β-unsaturated/α-hetero) is 2. The van der Waals surface area contributed by atoms with E-state index in [-0.39, 0.29) is 29.7 Å². The van der Waals surface area contributed by atoms with Gasteiger partial charge in [0.2, 0.25) is 5.78 Å². The molecule has 0 unspecified atom stereocenters. The zero-order valence-electron chi connectivity index (χ0n) is 18.2. The second-order valence-electron chi connectivity index (χ2n) is 8.63. The maximum atomic E-state index is 13.6. The Hall–Kier alpha value is -3.37. The number of methoxy groups -OCH3 is 1. The minimum absolute atomic E-state index is 0.00198. The number of fused-ring (bicyclic) bond motifs is 3. The number of aliphatic hydroxyl groups is 3. The number of phenolic OH excluding ortho intramolecular Hbond substituents is 1. The molecular weight excluding hydrogens is 432 g/mol. The molecule has 10 heteroatoms. The molecule has 1 aromatic carbocycles. The lowest BCUT2D eigenvalue weighted by Crippen LogP contribution is -2.66. The summed E-state index contributed by atoms with van der Waals surface area (Å²) in [5.74, 6) is -6.37. The van der Waals surface area contributed by atoms with Gasteiger partial charge in [-0.05, 0) is 43.9 Å². The third-order valence-corrected chi connectivity index (χ3v) is 6.87. The number of aliphatic hydroxyl groups excluding tert-OH is 2. The number of hydrogen-bond donors (Lipinski definition) is 6. The average molecular weight is 458 g/mol. The number of rotatable bonds is 5. The summed E-state index contributed by atoms with van der Waals surface area (Å²) in [5.41, 5.74) is 2.12. The molecule has 0 spiro atoms. The molecule has 0 bridgehead atoms. The van der Waals surface area contributed by atoms with Crippen LogP contribution in [-0.2, 0) is 20.8 Å². The molecule has 3 aliphatic rings. The fourth-order valence-corrected chi connectivity index (χ4v) is 5.37. The number of carbonyl (C=O) groups is 3. The number of nitrogens with two attached hydrogens (primary N) is 1. The van der Waals surface area contributed by atoms with Crippen molar-refractivity contribution in [2.75, 3.05) is 13.7 Å². The van der Waals surface area contributed by atoms with E-state index >= 15 is 0 Å². The molecule has 1 fully saturated rings. The second kappa shape index (κ2) is 7.89. The van der Waals surface area contributed by atoms with Gasteiger partial charge in [-0.15, -0.1) is 0 Å². The normalized spacial score (nSPS) is 28.9. The topological polar surface area (TPSA) is 179 Å². The lowest BCUT2D eigenvalue weighted by atomic mass is 9.57. The summed E-state index contributed by atoms with van der Waals surface area (Å²) in [6.07, 6.45) is 0.846. The molecule has 0 aromatic heterocycles. The van der Waals surface area contributed by atoms with E-state index in [1.54, 1.807) is 0 Å². The van der Waals surface area contributed by atoms with E-state index in [1.165, 1.54) is 19.2 Å². The van der Waals surface area contributed by atoms with Crippen LogP contribution in [0.1, 0.15) is 30.9 Å². The number of benzene rings is 1. The predicted octanol–water partition coefficient (Wildman–Crippen LogP) is 0.411. The summed E-state index contributed by atoms with van der Waals surface area (Å²) >= 11 is 0. The fourth-order valence-electron chi connectivity index (χ4n) is 5.37. The molecule has 7 N–H and O–H groups in total. The second-order valence-corrected chi connectivity index (χ2v) is 8.63. The van der Waals surface area contributed by atoms with E-state index in [1.807, 2.05) is 6.92 Å². The predicted molar refractivity (Wildman–Crippen MR) is 115 cm³/mol. The van der Waals surface area contributed by atoms with Gasteiger partial charge in [0.05, 0.1) is 18.7 Å². The Morgan fingerprint density at radius 2 is 1.97 bits per heavy atom. The van der Waals surface area contributed by atoms with Gasteiger partial charge in [-0.2, -0.15) is 0 Å². The molecule has 33 heavy (non-hydrogen) atoms. The van der Waals surface area contributed by atoms with E-state index < -0.39 is 58.0 Å². The highest BCUT2D eigenvalue weighted by Crippen LogP contribution is 2.53. The number of nitrogens with one attached hydrogen (secondary N) is 1. The Morgan fingerprint density at radius 3 is 2.58 bits per heavy atom. The molecular formula is C23H26N2O8. The SMILES string of the molecule is CCCN[C@@H]1C(=O)C(C(N)=O)=C(O)[C@@]2(O)C(=O)C3=C(O)c4c(O)ccc(OC)c4C[C@H]3C[C@@H]12. The van der Waals surface area contributed by atoms with Gasteiger partial charge in [0.1, 0.15) is 28.6 Å². The smallest absolute Gasteiger partial charge is 0.255 e. The number of aromatic hydroxyl groups is 1. The molecule has 3 aliphatic carbocycles. The molecule has 176 valence electrons. The minimum Gasteiger partial charge on any atom is -0.508 e. The van der Waals surface area contributed by atoms with Crippen molar-refractivity contribution >= 4 is 23.2 Å². The number of phenols is 1. The van der Waals surface area contributed by atoms with Crippen LogP contribution >= 0.6 is 0 Å². The fraction of sp³-hybridized carbons (Fsp3) is 0.435. The Bertz CT molecular complexity index is 1140. The highest BCUT2D eigenvalue weighted by molar-refractivity contribution is 6.24. The summed E-state index contributed by atoms with van der Waals surface area (Å²) in [7, 11) is 1.44. The van der Waals surface area contributed by atoms with Crippen LogP contribution in [0.15, 0.2) is 29.0 Å². The van der Waals surface area contributed by atoms with Gasteiger partial charge in [-0.1, -0.05) is 6.92 Å². The van der Waals surface area contributed by atoms with Gasteiger partial charge in [0, 0.05) is 17.1 Å². The van der Waals surface area contributed by atoms with Crippen LogP contribution in [0.5, 0.6) is 11.5 Å². The van der Waals surface area contributed by atoms with E-state index in [2.05, 4.69) is 5.32 Å². The molecule has 0 saturated heterocycles. The van der Waals surface area contributed by atoms with Gasteiger partial charge in [-0.25, -0.2) is 0 Å². The summed E-state index contributed by atoms with van der Waals surface area (Å²) in [6.45, 7) is 2.21. The monoisotopic (exact) mass is 458 g/mol. The maximum Gasteiger partial charge on any atom is 0.255 e. The summed E-state index contributed by atoms with van der Waals surface area (Å²) in [4.78, 5) is 38.6. The van der Waals surface area contributed by atoms with Crippen LogP contribution in [0, 0.1) is 11.8 Å². The standard InChI is InChI=1S/C23H26N2O8/c1-3-6-25-17-11-8-9-7-10-13(33-2)5-4-12(26)15(10)18(27)14(9)20(29)23(11,32)21(30)16(19(17)28)22(24)31/h4-5,9,11,17,25-27,30,32H,3,6-8H2,1-2H3,(H2,24,31)/t9-,11-,17-,23-/m0/s1. The number of ketones is 2. The number of ether oxygens (including phenoxy) is 1. The first kappa shape index (κ1) is 22.8. The third-order valence-electron chi connectivity index (χ3n) is 6.87. The van der Waals surface area contributed by atoms with Crippen LogP contribution in [0.25, 0.3) is 5.76 Å². The average Bonchev–Trinajstić information content (AvgIpc) is 2.76. The number of carbonyl (C=O) groups excluding carboxylic acids is 3. The molecule has 4 atom stereocenters. The van der Waals surface area contributed by atoms with Crippen molar-refractivity contribution in [1.29, 1.82) is 0 Å². The molecule has 0 radical (unpaired) electrons. The first-order valence-corrected chi connectivity index (χ1v) is 10.7. The van der Waals surface area contributed by atoms with Gasteiger partial charge in [0.15, 0.2) is 11.4 Å². The Balaban J connectivity index is 1.94. The van der Waals surface area contributed by atoms with Crippen molar-refractivity contribution in [2.24, 2.45) is 17.6 Å². The number of hydrogen-bond acceptors (Lipinski definition) is 9. The van der Waals surface area contributed by atoms with E-state index in [0.29, 0.717) is 24.3 Å². The molecule has 1 aromatic rings. The van der Waals surface area contributed by atoms with Crippen LogP contribution in [0.4, 0.5) is 0 Å². The first-order valence-electron chi connectivity index (χ1n) is 10.7. The summed E-state index contributed by atoms with van der Waals surface area (Å²) in [6, 6.07) is 1.71. The largest absolute Gasteiger partial charge is 0.508 e. The van der Waals surface area contributed by atoms with Crippen molar-refractivity contribution in [2.45, 2.75) is 37.8 Å². The summed E-state index contributed by atoms with van der Waals surface area (Å²) in [5, 5.41) is 46.6. The van der Waals surface area contributed by atoms with Crippen molar-refractivity contribution in [3.8, 4) is 11.5 Å². The molecule has 0 aliphatic heterocycles. The Kier molecular flexibility index (Phi) is 5.45. The quantitative estimate of drug-likeness (QED) is 0.341. The minimum atomic E-state index is -2.64. The van der Waals surface area contributed by atoms with Gasteiger partial charge in [0.25, 0.3) is 5.91 Å². The molecule has 1 saturated carbocycles. The van der Waals surface area contributed by atoms with Gasteiger partial charge in [-0.3, -0.25) is 14.4 Å². The van der Waals surface area contributed by atoms with Crippen molar-refractivity contribution in [3.05, 3.63) is 40.2 Å². The van der Waals surface area contributed by atoms with Crippen molar-refractivity contribution < 1.29 is 39.5 Å². The van der Waals surface area contributed by atoms with Crippen LogP contribution < -0.4 is 15.8 Å². The lowest BCUT2D eigenvalue weighted by Gasteiger charge is -2.49. The highest BCUT2D eigenvalue weighted by Gasteiger charge is 2.63. The lowest BCUT2D eigenvalue weighted by molar-refractivity contribution is -0.150. The maximum absolute atomic E-state index is 13.6. The first-order chi connectivity index (χ1) is 15.6.